The number of aliphatic hydroxyl groups excluding tert-OH is 1. The number of hydrogen-bond donors (Lipinski definition) is 2. The SMILES string of the molecule is CC(CO)(Cc1ccccc1)NC(=O)CCCN1C(=O)/C(=C/c2cccs2)SC1=S. The van der Waals surface area contributed by atoms with Crippen LogP contribution in [0.15, 0.2) is 52.7 Å². The van der Waals surface area contributed by atoms with Gasteiger partial charge < -0.3 is 10.4 Å². The molecule has 1 unspecified atom stereocenters. The first kappa shape index (κ1) is 22.7. The van der Waals surface area contributed by atoms with Crippen LogP contribution in [-0.4, -0.2) is 44.8 Å². The Hall–Kier alpha value is -2.00. The first-order valence-electron chi connectivity index (χ1n) is 9.65. The van der Waals surface area contributed by atoms with Crippen LogP contribution >= 0.6 is 35.3 Å². The van der Waals surface area contributed by atoms with E-state index in [4.69, 9.17) is 12.2 Å². The van der Waals surface area contributed by atoms with E-state index in [1.165, 1.54) is 11.8 Å². The monoisotopic (exact) mass is 460 g/mol. The fraction of sp³-hybridized carbons (Fsp3) is 0.318. The number of carbonyl (C=O) groups is 2. The molecule has 1 aliphatic rings. The van der Waals surface area contributed by atoms with E-state index < -0.39 is 5.54 Å². The number of rotatable bonds is 9. The highest BCUT2D eigenvalue weighted by Crippen LogP contribution is 2.33. The quantitative estimate of drug-likeness (QED) is 0.440. The lowest BCUT2D eigenvalue weighted by Crippen LogP contribution is -2.50. The van der Waals surface area contributed by atoms with E-state index in [9.17, 15) is 14.7 Å². The summed E-state index contributed by atoms with van der Waals surface area (Å²) in [5, 5.41) is 14.7. The van der Waals surface area contributed by atoms with Gasteiger partial charge in [-0.2, -0.15) is 0 Å². The smallest absolute Gasteiger partial charge is 0.266 e. The van der Waals surface area contributed by atoms with E-state index in [-0.39, 0.29) is 24.8 Å². The van der Waals surface area contributed by atoms with Crippen molar-refractivity contribution in [1.82, 2.24) is 10.2 Å². The van der Waals surface area contributed by atoms with E-state index in [0.29, 0.717) is 28.6 Å². The number of hydrogen-bond acceptors (Lipinski definition) is 6. The number of nitrogens with zero attached hydrogens (tertiary/aromatic N) is 1. The zero-order valence-corrected chi connectivity index (χ0v) is 19.1. The van der Waals surface area contributed by atoms with Crippen molar-refractivity contribution in [3.63, 3.8) is 0 Å². The van der Waals surface area contributed by atoms with E-state index in [1.807, 2.05) is 60.8 Å². The first-order valence-corrected chi connectivity index (χ1v) is 11.8. The fourth-order valence-electron chi connectivity index (χ4n) is 3.18. The van der Waals surface area contributed by atoms with Crippen LogP contribution < -0.4 is 5.32 Å². The van der Waals surface area contributed by atoms with Gasteiger partial charge >= 0.3 is 0 Å². The van der Waals surface area contributed by atoms with Crippen LogP contribution in [0.2, 0.25) is 0 Å². The topological polar surface area (TPSA) is 69.6 Å². The van der Waals surface area contributed by atoms with Crippen molar-refractivity contribution >= 4 is 57.5 Å². The molecule has 0 aliphatic carbocycles. The Morgan fingerprint density at radius 3 is 2.70 bits per heavy atom. The summed E-state index contributed by atoms with van der Waals surface area (Å²) in [6, 6.07) is 13.6. The predicted molar refractivity (Wildman–Crippen MR) is 127 cm³/mol. The van der Waals surface area contributed by atoms with Crippen LogP contribution in [-0.2, 0) is 16.0 Å². The van der Waals surface area contributed by atoms with Gasteiger partial charge in [-0.15, -0.1) is 11.3 Å². The highest BCUT2D eigenvalue weighted by molar-refractivity contribution is 8.26. The molecule has 1 aliphatic heterocycles. The Balaban J connectivity index is 1.50. The lowest BCUT2D eigenvalue weighted by atomic mass is 9.93. The summed E-state index contributed by atoms with van der Waals surface area (Å²) in [6.07, 6.45) is 3.15. The third kappa shape index (κ3) is 6.01. The maximum atomic E-state index is 12.6. The van der Waals surface area contributed by atoms with Crippen molar-refractivity contribution in [2.24, 2.45) is 0 Å². The third-order valence-electron chi connectivity index (χ3n) is 4.70. The van der Waals surface area contributed by atoms with E-state index in [2.05, 4.69) is 5.32 Å². The van der Waals surface area contributed by atoms with Crippen molar-refractivity contribution < 1.29 is 14.7 Å². The van der Waals surface area contributed by atoms with Crippen molar-refractivity contribution in [2.75, 3.05) is 13.2 Å². The molecule has 0 spiro atoms. The fourth-order valence-corrected chi connectivity index (χ4v) is 5.21. The zero-order chi connectivity index (χ0) is 21.6. The van der Waals surface area contributed by atoms with Gasteiger partial charge in [-0.1, -0.05) is 60.4 Å². The molecule has 8 heteroatoms. The molecule has 1 aromatic carbocycles. The van der Waals surface area contributed by atoms with Crippen molar-refractivity contribution in [2.45, 2.75) is 31.7 Å². The molecule has 0 saturated carbocycles. The number of aliphatic hydroxyl groups is 1. The molecule has 0 bridgehead atoms. The molecule has 30 heavy (non-hydrogen) atoms. The zero-order valence-electron chi connectivity index (χ0n) is 16.7. The van der Waals surface area contributed by atoms with Crippen molar-refractivity contribution in [1.29, 1.82) is 0 Å². The number of thioether (sulfide) groups is 1. The van der Waals surface area contributed by atoms with Gasteiger partial charge in [0.2, 0.25) is 5.91 Å². The maximum absolute atomic E-state index is 12.6. The minimum absolute atomic E-state index is 0.108. The molecule has 2 N–H and O–H groups in total. The molecule has 5 nitrogen and oxygen atoms in total. The number of amides is 2. The summed E-state index contributed by atoms with van der Waals surface area (Å²) in [5.41, 5.74) is 0.313. The second-order valence-electron chi connectivity index (χ2n) is 7.38. The number of thiocarbonyl (C=S) groups is 1. The standard InChI is InChI=1S/C22H24N2O3S3/c1-22(15-25,14-16-7-3-2-4-8-16)23-19(26)10-5-11-24-20(27)18(30-21(24)28)13-17-9-6-12-29-17/h2-4,6-9,12-13,25H,5,10-11,14-15H2,1H3,(H,23,26)/b18-13-. The number of benzene rings is 1. The minimum atomic E-state index is -0.732. The van der Waals surface area contributed by atoms with E-state index in [0.717, 1.165) is 10.4 Å². The molecule has 2 aromatic rings. The second kappa shape index (κ2) is 10.3. The molecule has 1 saturated heterocycles. The van der Waals surface area contributed by atoms with Gasteiger partial charge in [-0.25, -0.2) is 0 Å². The van der Waals surface area contributed by atoms with Crippen LogP contribution in [0.25, 0.3) is 6.08 Å². The first-order chi connectivity index (χ1) is 14.4. The van der Waals surface area contributed by atoms with Crippen LogP contribution in [0.5, 0.6) is 0 Å². The lowest BCUT2D eigenvalue weighted by molar-refractivity contribution is -0.125. The Labute approximate surface area is 190 Å². The predicted octanol–water partition coefficient (Wildman–Crippen LogP) is 3.84. The van der Waals surface area contributed by atoms with Gasteiger partial charge in [0.15, 0.2) is 0 Å². The minimum Gasteiger partial charge on any atom is -0.394 e. The molecular formula is C22H24N2O3S3. The highest BCUT2D eigenvalue weighted by atomic mass is 32.2. The Morgan fingerprint density at radius 1 is 1.27 bits per heavy atom. The molecular weight excluding hydrogens is 436 g/mol. The molecule has 3 rings (SSSR count). The van der Waals surface area contributed by atoms with Crippen LogP contribution in [0.3, 0.4) is 0 Å². The number of thiophene rings is 1. The van der Waals surface area contributed by atoms with Gasteiger partial charge in [-0.05, 0) is 42.9 Å². The normalized spacial score (nSPS) is 17.4. The van der Waals surface area contributed by atoms with Crippen LogP contribution in [0, 0.1) is 0 Å². The highest BCUT2D eigenvalue weighted by Gasteiger charge is 2.32. The molecule has 1 atom stereocenters. The van der Waals surface area contributed by atoms with E-state index >= 15 is 0 Å². The summed E-state index contributed by atoms with van der Waals surface area (Å²) >= 11 is 8.21. The van der Waals surface area contributed by atoms with E-state index in [1.54, 1.807) is 16.2 Å². The number of carbonyl (C=O) groups excluding carboxylic acids is 2. The third-order valence-corrected chi connectivity index (χ3v) is 6.90. The van der Waals surface area contributed by atoms with Gasteiger partial charge in [0.05, 0.1) is 17.1 Å². The summed E-state index contributed by atoms with van der Waals surface area (Å²) in [4.78, 5) is 28.2. The maximum Gasteiger partial charge on any atom is 0.266 e. The summed E-state index contributed by atoms with van der Waals surface area (Å²) in [7, 11) is 0. The van der Waals surface area contributed by atoms with Crippen molar-refractivity contribution in [3.8, 4) is 0 Å². The summed E-state index contributed by atoms with van der Waals surface area (Å²) < 4.78 is 0.521. The summed E-state index contributed by atoms with van der Waals surface area (Å²) in [5.74, 6) is -0.259. The molecule has 1 fully saturated rings. The van der Waals surface area contributed by atoms with Crippen LogP contribution in [0.1, 0.15) is 30.2 Å². The molecule has 1 aromatic heterocycles. The van der Waals surface area contributed by atoms with Gasteiger partial charge in [0, 0.05) is 17.8 Å². The Bertz CT molecular complexity index is 928. The van der Waals surface area contributed by atoms with Crippen molar-refractivity contribution in [3.05, 3.63) is 63.2 Å². The van der Waals surface area contributed by atoms with Gasteiger partial charge in [0.25, 0.3) is 5.91 Å². The average molecular weight is 461 g/mol. The Morgan fingerprint density at radius 2 is 2.03 bits per heavy atom. The molecule has 158 valence electrons. The largest absolute Gasteiger partial charge is 0.394 e. The molecule has 0 radical (unpaired) electrons. The molecule has 2 amide bonds. The number of nitrogens with one attached hydrogen (secondary N) is 1. The summed E-state index contributed by atoms with van der Waals surface area (Å²) in [6.45, 7) is 2.07. The van der Waals surface area contributed by atoms with Gasteiger partial charge in [-0.3, -0.25) is 14.5 Å². The van der Waals surface area contributed by atoms with Gasteiger partial charge in [0.1, 0.15) is 4.32 Å². The average Bonchev–Trinajstić information content (AvgIpc) is 3.32. The lowest BCUT2D eigenvalue weighted by Gasteiger charge is -2.29. The van der Waals surface area contributed by atoms with Crippen LogP contribution in [0.4, 0.5) is 0 Å². The Kier molecular flexibility index (Phi) is 7.82. The molecule has 2 heterocycles. The second-order valence-corrected chi connectivity index (χ2v) is 10.0.